The lowest BCUT2D eigenvalue weighted by molar-refractivity contribution is -0.156. The van der Waals surface area contributed by atoms with E-state index in [1.54, 1.807) is 24.3 Å². The summed E-state index contributed by atoms with van der Waals surface area (Å²) in [6.45, 7) is -0.547. The number of hydrogen-bond acceptors (Lipinski definition) is 5. The van der Waals surface area contributed by atoms with Crippen molar-refractivity contribution in [2.45, 2.75) is 37.4 Å². The molecule has 1 saturated heterocycles. The van der Waals surface area contributed by atoms with Crippen LogP contribution in [-0.2, 0) is 14.3 Å². The number of rotatable bonds is 5. The van der Waals surface area contributed by atoms with Crippen LogP contribution >= 0.6 is 23.2 Å². The van der Waals surface area contributed by atoms with E-state index < -0.39 is 24.0 Å². The highest BCUT2D eigenvalue weighted by Crippen LogP contribution is 2.49. The van der Waals surface area contributed by atoms with Crippen LogP contribution in [0, 0.1) is 0 Å². The minimum atomic E-state index is -1.58. The number of nitrogens with zero attached hydrogens (tertiary/aromatic N) is 2. The van der Waals surface area contributed by atoms with Gasteiger partial charge >= 0.3 is 5.97 Å². The lowest BCUT2D eigenvalue weighted by Crippen LogP contribution is -2.69. The maximum Gasteiger partial charge on any atom is 0.354 e. The molecule has 1 unspecified atom stereocenters. The number of amides is 2. The highest BCUT2D eigenvalue weighted by Gasteiger charge is 2.64. The fourth-order valence-corrected chi connectivity index (χ4v) is 4.81. The van der Waals surface area contributed by atoms with Crippen molar-refractivity contribution in [1.82, 2.24) is 4.90 Å². The number of esters is 1. The Morgan fingerprint density at radius 2 is 1.81 bits per heavy atom. The van der Waals surface area contributed by atoms with Crippen LogP contribution in [0.25, 0.3) is 0 Å². The zero-order chi connectivity index (χ0) is 22.6. The summed E-state index contributed by atoms with van der Waals surface area (Å²) in [7, 11) is 0. The number of anilines is 1. The molecule has 2 heterocycles. The van der Waals surface area contributed by atoms with Crippen molar-refractivity contribution in [3.8, 4) is 0 Å². The molecular formula is C23H18Cl2N2O5. The third-order valence-corrected chi connectivity index (χ3v) is 6.85. The number of fused-ring (bicyclic) bond motifs is 3. The van der Waals surface area contributed by atoms with Crippen LogP contribution in [0.1, 0.15) is 46.4 Å². The van der Waals surface area contributed by atoms with E-state index in [0.29, 0.717) is 16.3 Å². The first-order valence-corrected chi connectivity index (χ1v) is 11.0. The number of Topliss-reactive ketones (excluding diaryl/α,β-unsaturated/α-hetero) is 1. The van der Waals surface area contributed by atoms with Gasteiger partial charge < -0.3 is 9.64 Å². The Hall–Kier alpha value is -2.90. The molecule has 2 fully saturated rings. The van der Waals surface area contributed by atoms with E-state index in [-0.39, 0.29) is 41.3 Å². The first kappa shape index (κ1) is 21.0. The van der Waals surface area contributed by atoms with Crippen LogP contribution in [-0.4, -0.2) is 46.8 Å². The number of halogens is 2. The quantitative estimate of drug-likeness (QED) is 0.487. The van der Waals surface area contributed by atoms with Gasteiger partial charge in [-0.25, -0.2) is 4.79 Å². The van der Waals surface area contributed by atoms with Gasteiger partial charge in [0.05, 0.1) is 21.3 Å². The van der Waals surface area contributed by atoms with Crippen molar-refractivity contribution >= 4 is 52.5 Å². The second kappa shape index (κ2) is 7.60. The molecule has 32 heavy (non-hydrogen) atoms. The van der Waals surface area contributed by atoms with E-state index in [2.05, 4.69) is 0 Å². The molecule has 2 aliphatic heterocycles. The molecule has 1 saturated carbocycles. The molecule has 0 radical (unpaired) electrons. The summed E-state index contributed by atoms with van der Waals surface area (Å²) in [5.74, 6) is -1.82. The Morgan fingerprint density at radius 3 is 2.53 bits per heavy atom. The number of hydrogen-bond donors (Lipinski definition) is 0. The molecule has 9 heteroatoms. The normalized spacial score (nSPS) is 21.9. The molecule has 2 aromatic rings. The summed E-state index contributed by atoms with van der Waals surface area (Å²) in [5.41, 5.74) is -0.565. The number of carbonyl (C=O) groups is 4. The Bertz CT molecular complexity index is 1180. The summed E-state index contributed by atoms with van der Waals surface area (Å²) in [6, 6.07) is 11.0. The molecule has 0 N–H and O–H groups in total. The summed E-state index contributed by atoms with van der Waals surface area (Å²) in [5, 5.41) is 0.517. The minimum Gasteiger partial charge on any atom is -0.454 e. The van der Waals surface area contributed by atoms with E-state index in [9.17, 15) is 19.2 Å². The third-order valence-electron chi connectivity index (χ3n) is 6.11. The number of ether oxygens (including phenoxy) is 1. The zero-order valence-corrected chi connectivity index (χ0v) is 18.4. The molecule has 164 valence electrons. The third kappa shape index (κ3) is 3.11. The fourth-order valence-electron chi connectivity index (χ4n) is 4.51. The van der Waals surface area contributed by atoms with Crippen molar-refractivity contribution in [1.29, 1.82) is 0 Å². The molecule has 1 atom stereocenters. The summed E-state index contributed by atoms with van der Waals surface area (Å²) in [4.78, 5) is 55.2. The van der Waals surface area contributed by atoms with Gasteiger partial charge in [0, 0.05) is 24.4 Å². The van der Waals surface area contributed by atoms with E-state index in [0.717, 1.165) is 12.8 Å². The van der Waals surface area contributed by atoms with E-state index >= 15 is 0 Å². The maximum atomic E-state index is 13.5. The first-order chi connectivity index (χ1) is 15.3. The van der Waals surface area contributed by atoms with Gasteiger partial charge in [-0.15, -0.1) is 0 Å². The van der Waals surface area contributed by atoms with Crippen LogP contribution in [0.4, 0.5) is 5.69 Å². The van der Waals surface area contributed by atoms with E-state index in [1.165, 1.54) is 28.0 Å². The number of para-hydroxylation sites is 1. The molecule has 3 aliphatic rings. The average Bonchev–Trinajstić information content (AvgIpc) is 3.56. The van der Waals surface area contributed by atoms with E-state index in [1.807, 2.05) is 0 Å². The van der Waals surface area contributed by atoms with Crippen molar-refractivity contribution < 1.29 is 23.9 Å². The highest BCUT2D eigenvalue weighted by molar-refractivity contribution is 6.42. The molecule has 0 bridgehead atoms. The van der Waals surface area contributed by atoms with Gasteiger partial charge in [-0.05, 0) is 43.2 Å². The molecule has 7 nitrogen and oxygen atoms in total. The second-order valence-electron chi connectivity index (χ2n) is 8.10. The number of carbonyl (C=O) groups excluding carboxylic acids is 4. The fraction of sp³-hybridized carbons (Fsp3) is 0.304. The smallest absolute Gasteiger partial charge is 0.354 e. The predicted molar refractivity (Wildman–Crippen MR) is 117 cm³/mol. The second-order valence-corrected chi connectivity index (χ2v) is 8.91. The molecule has 5 rings (SSSR count). The topological polar surface area (TPSA) is 84.0 Å². The zero-order valence-electron chi connectivity index (χ0n) is 16.8. The SMILES string of the molecule is O=C(COC(=O)C12CCC(=O)N1c1ccccc1C(=O)N2C1CC1)c1ccc(Cl)c(Cl)c1. The molecule has 2 aromatic carbocycles. The monoisotopic (exact) mass is 472 g/mol. The van der Waals surface area contributed by atoms with Gasteiger partial charge in [-0.3, -0.25) is 19.3 Å². The maximum absolute atomic E-state index is 13.5. The van der Waals surface area contributed by atoms with Crippen LogP contribution in [0.3, 0.4) is 0 Å². The number of benzene rings is 2. The van der Waals surface area contributed by atoms with Crippen molar-refractivity contribution in [3.63, 3.8) is 0 Å². The van der Waals surface area contributed by atoms with Gasteiger partial charge in [0.15, 0.2) is 12.4 Å². The molecule has 0 aromatic heterocycles. The first-order valence-electron chi connectivity index (χ1n) is 10.3. The van der Waals surface area contributed by atoms with Crippen LogP contribution < -0.4 is 4.90 Å². The summed E-state index contributed by atoms with van der Waals surface area (Å²) in [6.07, 6.45) is 1.70. The van der Waals surface area contributed by atoms with E-state index in [4.69, 9.17) is 27.9 Å². The molecule has 2 amide bonds. The van der Waals surface area contributed by atoms with Crippen LogP contribution in [0.2, 0.25) is 10.0 Å². The summed E-state index contributed by atoms with van der Waals surface area (Å²) >= 11 is 11.9. The van der Waals surface area contributed by atoms with Crippen molar-refractivity contribution in [3.05, 3.63) is 63.6 Å². The van der Waals surface area contributed by atoms with Gasteiger partial charge in [0.25, 0.3) is 5.91 Å². The summed E-state index contributed by atoms with van der Waals surface area (Å²) < 4.78 is 5.44. The van der Waals surface area contributed by atoms with Gasteiger partial charge in [0.1, 0.15) is 0 Å². The highest BCUT2D eigenvalue weighted by atomic mass is 35.5. The van der Waals surface area contributed by atoms with Gasteiger partial charge in [-0.1, -0.05) is 35.3 Å². The Morgan fingerprint density at radius 1 is 1.06 bits per heavy atom. The average molecular weight is 473 g/mol. The number of ketones is 1. The predicted octanol–water partition coefficient (Wildman–Crippen LogP) is 3.86. The van der Waals surface area contributed by atoms with Crippen LogP contribution in [0.5, 0.6) is 0 Å². The molecular weight excluding hydrogens is 455 g/mol. The standard InChI is InChI=1S/C23H18Cl2N2O5/c24-16-8-5-13(11-17(16)25)19(28)12-32-22(31)23-10-9-20(29)27(23)18-4-2-1-3-15(18)21(30)26(23)14-6-7-14/h1-5,8,11,14H,6-7,9-10,12H2. The Labute approximate surface area is 193 Å². The van der Waals surface area contributed by atoms with Crippen LogP contribution in [0.15, 0.2) is 42.5 Å². The lowest BCUT2D eigenvalue weighted by Gasteiger charge is -2.48. The molecule has 1 aliphatic carbocycles. The van der Waals surface area contributed by atoms with Gasteiger partial charge in [0.2, 0.25) is 11.6 Å². The van der Waals surface area contributed by atoms with Crippen molar-refractivity contribution in [2.24, 2.45) is 0 Å². The van der Waals surface area contributed by atoms with Gasteiger partial charge in [-0.2, -0.15) is 0 Å². The lowest BCUT2D eigenvalue weighted by atomic mass is 9.96. The Kier molecular flexibility index (Phi) is 4.98. The Balaban J connectivity index is 1.48. The minimum absolute atomic E-state index is 0.0979. The largest absolute Gasteiger partial charge is 0.454 e. The molecule has 0 spiro atoms. The van der Waals surface area contributed by atoms with Crippen molar-refractivity contribution in [2.75, 3.05) is 11.5 Å².